The van der Waals surface area contributed by atoms with Crippen LogP contribution in [0.1, 0.15) is 61.0 Å². The number of amides is 1. The van der Waals surface area contributed by atoms with Gasteiger partial charge in [-0.1, -0.05) is 0 Å². The standard InChI is InChI=1S/C17H19N5O4S.C16H21N5O3S/c1-17(5-6-17)20-27(25,26)12-3-4-14-13(7-12)15(23)22(16(24)19-14)10-11-8-18-21(2)9-11;1-16(5-6-16)20-25(23,24)12-3-4-14(17)13(7-12)15(22)18-8-11-9-19-21(2)10-11/h3-4,7-9,20H,5-6,10H2,1-2H3,(H,19,24);3-4,7,9-10,20H,5-6,8,17H2,1-2H3,(H,18,22). The fourth-order valence-corrected chi connectivity index (χ4v) is 8.34. The minimum Gasteiger partial charge on any atom is -0.398 e. The number of nitrogens with zero attached hydrogens (tertiary/aromatic N) is 5. The van der Waals surface area contributed by atoms with Gasteiger partial charge in [0.25, 0.3) is 11.5 Å². The van der Waals surface area contributed by atoms with Gasteiger partial charge in [-0.2, -0.15) is 10.2 Å². The Hall–Kier alpha value is -5.11. The number of hydrogen-bond acceptors (Lipinski definition) is 10. The number of hydrogen-bond donors (Lipinski definition) is 5. The van der Waals surface area contributed by atoms with Crippen LogP contribution in [0.5, 0.6) is 0 Å². The zero-order valence-corrected chi connectivity index (χ0v) is 30.6. The lowest BCUT2D eigenvalue weighted by molar-refractivity contribution is 0.0951. The van der Waals surface area contributed by atoms with Gasteiger partial charge < -0.3 is 16.0 Å². The number of aryl methyl sites for hydroxylation is 2. The molecule has 0 bridgehead atoms. The summed E-state index contributed by atoms with van der Waals surface area (Å²) >= 11 is 0. The molecule has 0 unspecified atom stereocenters. The minimum absolute atomic E-state index is 0.000187. The van der Waals surface area contributed by atoms with Crippen LogP contribution in [0.2, 0.25) is 0 Å². The van der Waals surface area contributed by atoms with Crippen LogP contribution >= 0.6 is 0 Å². The summed E-state index contributed by atoms with van der Waals surface area (Å²) in [6.45, 7) is 4.01. The fraction of sp³-hybridized carbons (Fsp3) is 0.364. The molecule has 1 amide bonds. The van der Waals surface area contributed by atoms with Crippen molar-refractivity contribution in [2.45, 2.75) is 73.5 Å². The molecule has 276 valence electrons. The van der Waals surface area contributed by atoms with Crippen LogP contribution in [0.4, 0.5) is 5.69 Å². The number of anilines is 1. The number of carbonyl (C=O) groups is 1. The first-order valence-corrected chi connectivity index (χ1v) is 19.3. The second-order valence-electron chi connectivity index (χ2n) is 13.8. The molecule has 19 heteroatoms. The Bertz CT molecular complexity index is 2530. The van der Waals surface area contributed by atoms with E-state index < -0.39 is 42.7 Å². The summed E-state index contributed by atoms with van der Waals surface area (Å²) in [5.41, 5.74) is 6.12. The number of nitrogen functional groups attached to an aromatic ring is 1. The molecule has 2 aliphatic rings. The molecule has 2 saturated carbocycles. The first-order valence-electron chi connectivity index (χ1n) is 16.3. The van der Waals surface area contributed by atoms with Gasteiger partial charge in [0.15, 0.2) is 0 Å². The van der Waals surface area contributed by atoms with Crippen molar-refractivity contribution in [2.24, 2.45) is 14.1 Å². The Labute approximate surface area is 299 Å². The summed E-state index contributed by atoms with van der Waals surface area (Å²) in [6, 6.07) is 8.28. The summed E-state index contributed by atoms with van der Waals surface area (Å²) in [5.74, 6) is -0.434. The highest BCUT2D eigenvalue weighted by Gasteiger charge is 2.42. The van der Waals surface area contributed by atoms with Crippen molar-refractivity contribution < 1.29 is 21.6 Å². The zero-order chi connectivity index (χ0) is 37.6. The highest BCUT2D eigenvalue weighted by atomic mass is 32.2. The molecule has 2 aromatic carbocycles. The molecule has 0 spiro atoms. The average molecular weight is 753 g/mol. The molecule has 7 rings (SSSR count). The van der Waals surface area contributed by atoms with Gasteiger partial charge in [-0.05, 0) is 75.9 Å². The fourth-order valence-electron chi connectivity index (χ4n) is 5.36. The molecule has 0 saturated heterocycles. The number of nitrogens with one attached hydrogen (secondary N) is 4. The molecule has 6 N–H and O–H groups in total. The van der Waals surface area contributed by atoms with E-state index in [1.165, 1.54) is 36.4 Å². The Balaban J connectivity index is 0.000000179. The molecular weight excluding hydrogens is 713 g/mol. The number of sulfonamides is 2. The Kier molecular flexibility index (Phi) is 9.49. The maximum atomic E-state index is 12.8. The quantitative estimate of drug-likeness (QED) is 0.120. The maximum Gasteiger partial charge on any atom is 0.329 e. The average Bonchev–Trinajstić information content (AvgIpc) is 3.86. The van der Waals surface area contributed by atoms with Gasteiger partial charge in [-0.15, -0.1) is 0 Å². The van der Waals surface area contributed by atoms with E-state index >= 15 is 0 Å². The van der Waals surface area contributed by atoms with E-state index in [1.54, 1.807) is 48.2 Å². The second kappa shape index (κ2) is 13.5. The molecular formula is C33H40N10O7S2. The third-order valence-electron chi connectivity index (χ3n) is 8.92. The highest BCUT2D eigenvalue weighted by Crippen LogP contribution is 2.37. The van der Waals surface area contributed by atoms with Crippen LogP contribution in [-0.2, 0) is 47.2 Å². The summed E-state index contributed by atoms with van der Waals surface area (Å²) in [4.78, 5) is 40.2. The van der Waals surface area contributed by atoms with E-state index in [1.807, 2.05) is 13.8 Å². The van der Waals surface area contributed by atoms with E-state index in [4.69, 9.17) is 5.73 Å². The van der Waals surface area contributed by atoms with Gasteiger partial charge in [-0.3, -0.25) is 23.5 Å². The molecule has 0 radical (unpaired) electrons. The van der Waals surface area contributed by atoms with Crippen molar-refractivity contribution in [1.82, 2.24) is 43.9 Å². The van der Waals surface area contributed by atoms with Gasteiger partial charge in [-0.25, -0.2) is 31.1 Å². The summed E-state index contributed by atoms with van der Waals surface area (Å²) in [7, 11) is -3.92. The summed E-state index contributed by atoms with van der Waals surface area (Å²) < 4.78 is 59.6. The van der Waals surface area contributed by atoms with Crippen molar-refractivity contribution in [3.63, 3.8) is 0 Å². The van der Waals surface area contributed by atoms with Gasteiger partial charge in [0.05, 0.1) is 45.2 Å². The van der Waals surface area contributed by atoms with Gasteiger partial charge in [0.2, 0.25) is 20.0 Å². The lowest BCUT2D eigenvalue weighted by Crippen LogP contribution is -2.36. The van der Waals surface area contributed by atoms with Crippen LogP contribution in [0, 0.1) is 0 Å². The molecule has 52 heavy (non-hydrogen) atoms. The number of fused-ring (bicyclic) bond motifs is 1. The van der Waals surface area contributed by atoms with Gasteiger partial charge in [0.1, 0.15) is 0 Å². The van der Waals surface area contributed by atoms with Crippen LogP contribution in [-0.4, -0.2) is 62.9 Å². The predicted octanol–water partition coefficient (Wildman–Crippen LogP) is 1.07. The van der Waals surface area contributed by atoms with Crippen molar-refractivity contribution in [1.29, 1.82) is 0 Å². The molecule has 17 nitrogen and oxygen atoms in total. The predicted molar refractivity (Wildman–Crippen MR) is 192 cm³/mol. The highest BCUT2D eigenvalue weighted by molar-refractivity contribution is 7.89. The molecule has 0 aliphatic heterocycles. The number of benzene rings is 2. The third kappa shape index (κ3) is 8.33. The number of aromatic amines is 1. The minimum atomic E-state index is -3.75. The smallest absolute Gasteiger partial charge is 0.329 e. The second-order valence-corrected chi connectivity index (χ2v) is 17.2. The zero-order valence-electron chi connectivity index (χ0n) is 29.0. The SMILES string of the molecule is Cn1cc(CNC(=O)c2cc(S(=O)(=O)NC3(C)CC3)ccc2N)cn1.Cn1cc(Cn2c(=O)[nH]c3ccc(S(=O)(=O)NC4(C)CC4)cc3c2=O)cn1. The molecule has 3 heterocycles. The summed E-state index contributed by atoms with van der Waals surface area (Å²) in [6.07, 6.45) is 9.87. The lowest BCUT2D eigenvalue weighted by Gasteiger charge is -2.14. The van der Waals surface area contributed by atoms with Gasteiger partial charge in [0, 0.05) is 60.9 Å². The molecule has 0 atom stereocenters. The van der Waals surface area contributed by atoms with Crippen LogP contribution in [0.15, 0.2) is 80.6 Å². The Morgan fingerprint density at radius 2 is 1.38 bits per heavy atom. The van der Waals surface area contributed by atoms with E-state index in [2.05, 4.69) is 29.9 Å². The van der Waals surface area contributed by atoms with Crippen molar-refractivity contribution >= 4 is 42.5 Å². The largest absolute Gasteiger partial charge is 0.398 e. The number of rotatable bonds is 11. The summed E-state index contributed by atoms with van der Waals surface area (Å²) in [5, 5.41) is 10.9. The van der Waals surface area contributed by atoms with Crippen LogP contribution < -0.4 is 31.7 Å². The third-order valence-corrected chi connectivity index (χ3v) is 12.2. The van der Waals surface area contributed by atoms with Crippen LogP contribution in [0.3, 0.4) is 0 Å². The monoisotopic (exact) mass is 752 g/mol. The Morgan fingerprint density at radius 3 is 1.92 bits per heavy atom. The Morgan fingerprint density at radius 1 is 0.846 bits per heavy atom. The van der Waals surface area contributed by atoms with E-state index in [0.29, 0.717) is 11.1 Å². The topological polar surface area (TPSA) is 238 Å². The van der Waals surface area contributed by atoms with E-state index in [9.17, 15) is 31.2 Å². The van der Waals surface area contributed by atoms with Crippen molar-refractivity contribution in [2.75, 3.05) is 5.73 Å². The van der Waals surface area contributed by atoms with E-state index in [-0.39, 0.29) is 45.1 Å². The molecule has 3 aromatic heterocycles. The van der Waals surface area contributed by atoms with Crippen LogP contribution in [0.25, 0.3) is 10.9 Å². The number of nitrogens with two attached hydrogens (primary N) is 1. The first-order chi connectivity index (χ1) is 24.4. The van der Waals surface area contributed by atoms with Crippen molar-refractivity contribution in [3.8, 4) is 0 Å². The molecule has 2 fully saturated rings. The van der Waals surface area contributed by atoms with E-state index in [0.717, 1.165) is 35.8 Å². The maximum absolute atomic E-state index is 12.8. The lowest BCUT2D eigenvalue weighted by atomic mass is 10.1. The van der Waals surface area contributed by atoms with Crippen molar-refractivity contribution in [3.05, 3.63) is 98.7 Å². The van der Waals surface area contributed by atoms with Gasteiger partial charge >= 0.3 is 5.69 Å². The number of H-pyrrole nitrogens is 1. The first kappa shape index (κ1) is 36.7. The molecule has 2 aliphatic carbocycles. The molecule has 5 aromatic rings. The number of carbonyl (C=O) groups excluding carboxylic acids is 1. The number of aromatic nitrogens is 6. The normalized spacial score (nSPS) is 15.8.